The van der Waals surface area contributed by atoms with Crippen LogP contribution >= 0.6 is 11.8 Å². The Balaban J connectivity index is 1.57. The Kier molecular flexibility index (Phi) is 3.66. The molecule has 1 aliphatic heterocycles. The normalized spacial score (nSPS) is 12.8. The van der Waals surface area contributed by atoms with Gasteiger partial charge in [0.15, 0.2) is 5.16 Å². The van der Waals surface area contributed by atoms with Gasteiger partial charge in [0.25, 0.3) is 11.5 Å². The van der Waals surface area contributed by atoms with Gasteiger partial charge in [-0.25, -0.2) is 10.1 Å². The van der Waals surface area contributed by atoms with E-state index in [1.165, 1.54) is 12.1 Å². The van der Waals surface area contributed by atoms with Gasteiger partial charge in [0.1, 0.15) is 5.69 Å². The number of imidazole rings is 1. The number of aromatic amines is 1. The van der Waals surface area contributed by atoms with E-state index in [-0.39, 0.29) is 17.2 Å². The molecule has 4 rings (SSSR count). The number of fused-ring (bicyclic) bond motifs is 1. The van der Waals surface area contributed by atoms with Crippen molar-refractivity contribution in [3.8, 4) is 11.3 Å². The number of anilines is 1. The SMILES string of the molecule is O=C(Nc1cccc(-c2cn3c(n2)SCC3)c1)c1ccc(=O)[nH]n1. The maximum absolute atomic E-state index is 12.2. The average molecular weight is 339 g/mol. The molecule has 0 saturated heterocycles. The maximum atomic E-state index is 12.2. The van der Waals surface area contributed by atoms with Crippen molar-refractivity contribution in [1.82, 2.24) is 19.7 Å². The minimum atomic E-state index is -0.383. The first-order valence-electron chi connectivity index (χ1n) is 7.36. The highest BCUT2D eigenvalue weighted by molar-refractivity contribution is 7.99. The molecular weight excluding hydrogens is 326 g/mol. The molecule has 0 bridgehead atoms. The molecule has 8 heteroatoms. The lowest BCUT2D eigenvalue weighted by atomic mass is 10.1. The molecule has 0 aliphatic carbocycles. The van der Waals surface area contributed by atoms with Crippen LogP contribution < -0.4 is 10.9 Å². The molecule has 120 valence electrons. The van der Waals surface area contributed by atoms with Crippen LogP contribution in [0.25, 0.3) is 11.3 Å². The van der Waals surface area contributed by atoms with Crippen LogP contribution in [0.4, 0.5) is 5.69 Å². The predicted molar refractivity (Wildman–Crippen MR) is 91.2 cm³/mol. The van der Waals surface area contributed by atoms with E-state index in [0.717, 1.165) is 28.7 Å². The fourth-order valence-electron chi connectivity index (χ4n) is 2.47. The molecule has 0 radical (unpaired) electrons. The van der Waals surface area contributed by atoms with Crippen molar-refractivity contribution in [2.24, 2.45) is 0 Å². The largest absolute Gasteiger partial charge is 0.325 e. The summed E-state index contributed by atoms with van der Waals surface area (Å²) in [6.45, 7) is 0.974. The monoisotopic (exact) mass is 339 g/mol. The standard InChI is InChI=1S/C16H13N5O2S/c22-14-5-4-12(19-20-14)15(23)17-11-3-1-2-10(8-11)13-9-21-6-7-24-16(21)18-13/h1-5,8-9H,6-7H2,(H,17,23)(H,20,22). The summed E-state index contributed by atoms with van der Waals surface area (Å²) >= 11 is 1.74. The van der Waals surface area contributed by atoms with Gasteiger partial charge in [-0.3, -0.25) is 9.59 Å². The van der Waals surface area contributed by atoms with E-state index in [1.807, 2.05) is 24.4 Å². The number of aromatic nitrogens is 4. The van der Waals surface area contributed by atoms with E-state index >= 15 is 0 Å². The van der Waals surface area contributed by atoms with Crippen LogP contribution in [-0.4, -0.2) is 31.4 Å². The van der Waals surface area contributed by atoms with E-state index in [9.17, 15) is 9.59 Å². The quantitative estimate of drug-likeness (QED) is 0.761. The van der Waals surface area contributed by atoms with Gasteiger partial charge in [0.05, 0.1) is 5.69 Å². The average Bonchev–Trinajstić information content (AvgIpc) is 3.17. The number of H-pyrrole nitrogens is 1. The first kappa shape index (κ1) is 14.7. The summed E-state index contributed by atoms with van der Waals surface area (Å²) in [4.78, 5) is 27.8. The summed E-state index contributed by atoms with van der Waals surface area (Å²) < 4.78 is 2.13. The summed E-state index contributed by atoms with van der Waals surface area (Å²) in [5.41, 5.74) is 2.27. The van der Waals surface area contributed by atoms with E-state index in [4.69, 9.17) is 0 Å². The molecule has 1 aliphatic rings. The Bertz CT molecular complexity index is 937. The number of hydrogen-bond acceptors (Lipinski definition) is 5. The molecule has 3 aromatic rings. The zero-order valence-electron chi connectivity index (χ0n) is 12.5. The number of rotatable bonds is 3. The fraction of sp³-hybridized carbons (Fsp3) is 0.125. The van der Waals surface area contributed by atoms with Crippen LogP contribution in [0.15, 0.2) is 52.5 Å². The van der Waals surface area contributed by atoms with Crippen molar-refractivity contribution in [2.45, 2.75) is 11.7 Å². The first-order valence-corrected chi connectivity index (χ1v) is 8.35. The zero-order valence-corrected chi connectivity index (χ0v) is 13.3. The van der Waals surface area contributed by atoms with Crippen LogP contribution in [0.3, 0.4) is 0 Å². The van der Waals surface area contributed by atoms with Crippen molar-refractivity contribution < 1.29 is 4.79 Å². The fourth-order valence-corrected chi connectivity index (χ4v) is 3.41. The molecule has 0 spiro atoms. The number of carbonyl (C=O) groups is 1. The highest BCUT2D eigenvalue weighted by atomic mass is 32.2. The van der Waals surface area contributed by atoms with Gasteiger partial charge in [0.2, 0.25) is 0 Å². The second-order valence-electron chi connectivity index (χ2n) is 5.29. The molecule has 0 unspecified atom stereocenters. The zero-order chi connectivity index (χ0) is 16.5. The number of thioether (sulfide) groups is 1. The molecule has 2 N–H and O–H groups in total. The minimum absolute atomic E-state index is 0.150. The molecule has 0 fully saturated rings. The van der Waals surface area contributed by atoms with Crippen molar-refractivity contribution in [1.29, 1.82) is 0 Å². The van der Waals surface area contributed by atoms with Gasteiger partial charge >= 0.3 is 0 Å². The Morgan fingerprint density at radius 1 is 1.29 bits per heavy atom. The molecule has 7 nitrogen and oxygen atoms in total. The van der Waals surface area contributed by atoms with Gasteiger partial charge in [-0.15, -0.1) is 0 Å². The van der Waals surface area contributed by atoms with Crippen LogP contribution in [0, 0.1) is 0 Å². The lowest BCUT2D eigenvalue weighted by Gasteiger charge is -2.06. The third-order valence-corrected chi connectivity index (χ3v) is 4.60. The molecule has 3 heterocycles. The van der Waals surface area contributed by atoms with Crippen molar-refractivity contribution >= 4 is 23.4 Å². The van der Waals surface area contributed by atoms with E-state index < -0.39 is 0 Å². The molecule has 2 aromatic heterocycles. The van der Waals surface area contributed by atoms with E-state index in [2.05, 4.69) is 25.1 Å². The molecule has 0 saturated carbocycles. The summed E-state index contributed by atoms with van der Waals surface area (Å²) in [6, 6.07) is 10.1. The summed E-state index contributed by atoms with van der Waals surface area (Å²) in [7, 11) is 0. The summed E-state index contributed by atoms with van der Waals surface area (Å²) in [6.07, 6.45) is 2.03. The Labute approximate surface area is 141 Å². The third kappa shape index (κ3) is 2.83. The van der Waals surface area contributed by atoms with Crippen molar-refractivity contribution in [3.05, 3.63) is 58.6 Å². The summed E-state index contributed by atoms with van der Waals surface area (Å²) in [5.74, 6) is 0.677. The third-order valence-electron chi connectivity index (χ3n) is 3.63. The Morgan fingerprint density at radius 2 is 2.21 bits per heavy atom. The molecular formula is C16H13N5O2S. The lowest BCUT2D eigenvalue weighted by Crippen LogP contribution is -2.17. The van der Waals surface area contributed by atoms with Gasteiger partial charge < -0.3 is 9.88 Å². The second kappa shape index (κ2) is 5.97. The highest BCUT2D eigenvalue weighted by Crippen LogP contribution is 2.29. The first-order chi connectivity index (χ1) is 11.7. The number of amides is 1. The topological polar surface area (TPSA) is 92.7 Å². The van der Waals surface area contributed by atoms with Gasteiger partial charge in [-0.05, 0) is 18.2 Å². The minimum Gasteiger partial charge on any atom is -0.325 e. The number of aryl methyl sites for hydroxylation is 1. The van der Waals surface area contributed by atoms with Crippen LogP contribution in [0.5, 0.6) is 0 Å². The van der Waals surface area contributed by atoms with Crippen LogP contribution in [0.1, 0.15) is 10.5 Å². The molecule has 0 atom stereocenters. The molecule has 24 heavy (non-hydrogen) atoms. The van der Waals surface area contributed by atoms with Crippen molar-refractivity contribution in [3.63, 3.8) is 0 Å². The van der Waals surface area contributed by atoms with Crippen LogP contribution in [-0.2, 0) is 6.54 Å². The second-order valence-corrected chi connectivity index (χ2v) is 6.35. The number of hydrogen-bond donors (Lipinski definition) is 2. The van der Waals surface area contributed by atoms with Crippen LogP contribution in [0.2, 0.25) is 0 Å². The van der Waals surface area contributed by atoms with Crippen molar-refractivity contribution in [2.75, 3.05) is 11.1 Å². The van der Waals surface area contributed by atoms with Gasteiger partial charge in [0, 0.05) is 35.8 Å². The smallest absolute Gasteiger partial charge is 0.276 e. The van der Waals surface area contributed by atoms with Gasteiger partial charge in [-0.1, -0.05) is 23.9 Å². The van der Waals surface area contributed by atoms with Gasteiger partial charge in [-0.2, -0.15) is 5.10 Å². The molecule has 1 amide bonds. The van der Waals surface area contributed by atoms with E-state index in [0.29, 0.717) is 5.69 Å². The Hall–Kier alpha value is -2.87. The molecule has 1 aromatic carbocycles. The highest BCUT2D eigenvalue weighted by Gasteiger charge is 2.15. The lowest BCUT2D eigenvalue weighted by molar-refractivity contribution is 0.102. The number of nitrogens with one attached hydrogen (secondary N) is 2. The summed E-state index contributed by atoms with van der Waals surface area (Å²) in [5, 5.41) is 9.76. The van der Waals surface area contributed by atoms with E-state index in [1.54, 1.807) is 17.8 Å². The Morgan fingerprint density at radius 3 is 3.00 bits per heavy atom. The number of nitrogens with zero attached hydrogens (tertiary/aromatic N) is 3. The number of benzene rings is 1. The maximum Gasteiger partial charge on any atom is 0.276 e. The number of carbonyl (C=O) groups excluding carboxylic acids is 1. The predicted octanol–water partition coefficient (Wildman–Crippen LogP) is 1.99.